The molecule has 0 aliphatic rings. The number of hydrogen-bond acceptors (Lipinski definition) is 5. The number of carbonyl (C=O) groups is 1. The Hall–Kier alpha value is -2.51. The van der Waals surface area contributed by atoms with Gasteiger partial charge in [-0.25, -0.2) is 4.68 Å². The summed E-state index contributed by atoms with van der Waals surface area (Å²) in [6, 6.07) is 9.15. The summed E-state index contributed by atoms with van der Waals surface area (Å²) in [6.07, 6.45) is 2.28. The van der Waals surface area contributed by atoms with E-state index < -0.39 is 0 Å². The van der Waals surface area contributed by atoms with Crippen molar-refractivity contribution in [3.8, 4) is 0 Å². The summed E-state index contributed by atoms with van der Waals surface area (Å²) in [5, 5.41) is 21.6. The third kappa shape index (κ3) is 4.32. The summed E-state index contributed by atoms with van der Waals surface area (Å²) in [6.45, 7) is 0.206. The molecule has 0 bridgehead atoms. The molecule has 2 aromatic heterocycles. The third-order valence-electron chi connectivity index (χ3n) is 4.01. The number of hydrogen-bond donors (Lipinski definition) is 2. The van der Waals surface area contributed by atoms with E-state index in [1.54, 1.807) is 29.7 Å². The smallest absolute Gasteiger partial charge is 0.275 e. The van der Waals surface area contributed by atoms with Crippen LogP contribution in [0.1, 0.15) is 5.56 Å². The van der Waals surface area contributed by atoms with Crippen LogP contribution < -0.4 is 10.9 Å². The second-order valence-electron chi connectivity index (χ2n) is 5.88. The second kappa shape index (κ2) is 8.04. The topological polar surface area (TPSA) is 84.2 Å². The number of aliphatic hydroxyl groups excluding tert-OH is 1. The molecule has 0 radical (unpaired) electrons. The molecule has 0 aliphatic heterocycles. The Balaban J connectivity index is 1.60. The largest absolute Gasteiger partial charge is 0.396 e. The number of aromatic nitrogens is 2. The fourth-order valence-corrected chi connectivity index (χ4v) is 3.32. The molecule has 6 nitrogen and oxygen atoms in total. The quantitative estimate of drug-likeness (QED) is 0.670. The standard InChI is InChI=1S/C18H19N3O3S/c22-11-14(7-13-5-6-25-12-13)8-19-17(23)10-21-18(24)16-4-2-1-3-15(16)9-20-21/h1-6,9,12,14,22H,7-8,10-11H2,(H,19,23)/t14-/m0/s1. The maximum Gasteiger partial charge on any atom is 0.275 e. The highest BCUT2D eigenvalue weighted by Crippen LogP contribution is 2.11. The van der Waals surface area contributed by atoms with Gasteiger partial charge in [0, 0.05) is 24.5 Å². The molecule has 7 heteroatoms. The fourth-order valence-electron chi connectivity index (χ4n) is 2.63. The van der Waals surface area contributed by atoms with Crippen molar-refractivity contribution in [3.63, 3.8) is 0 Å². The molecule has 130 valence electrons. The van der Waals surface area contributed by atoms with Crippen LogP contribution in [0.4, 0.5) is 0 Å². The van der Waals surface area contributed by atoms with Crippen LogP contribution in [0.2, 0.25) is 0 Å². The molecule has 0 saturated carbocycles. The summed E-state index contributed by atoms with van der Waals surface area (Å²) in [7, 11) is 0. The first-order chi connectivity index (χ1) is 12.2. The highest BCUT2D eigenvalue weighted by molar-refractivity contribution is 7.07. The maximum atomic E-state index is 12.4. The van der Waals surface area contributed by atoms with Gasteiger partial charge in [-0.15, -0.1) is 0 Å². The van der Waals surface area contributed by atoms with Crippen LogP contribution in [0.3, 0.4) is 0 Å². The van der Waals surface area contributed by atoms with Crippen molar-refractivity contribution in [2.24, 2.45) is 5.92 Å². The lowest BCUT2D eigenvalue weighted by Gasteiger charge is -2.14. The van der Waals surface area contributed by atoms with Crippen LogP contribution in [0.5, 0.6) is 0 Å². The first kappa shape index (κ1) is 17.3. The SMILES string of the molecule is O=C(Cn1ncc2ccccc2c1=O)NC[C@@H](CO)Cc1ccsc1. The third-order valence-corrected chi connectivity index (χ3v) is 4.74. The Morgan fingerprint density at radius 2 is 2.16 bits per heavy atom. The average Bonchev–Trinajstić information content (AvgIpc) is 3.14. The average molecular weight is 357 g/mol. The van der Waals surface area contributed by atoms with Crippen molar-refractivity contribution in [1.82, 2.24) is 15.1 Å². The van der Waals surface area contributed by atoms with E-state index in [1.165, 1.54) is 0 Å². The molecule has 0 fully saturated rings. The molecule has 0 spiro atoms. The van der Waals surface area contributed by atoms with Crippen molar-refractivity contribution in [2.75, 3.05) is 13.2 Å². The molecule has 1 atom stereocenters. The van der Waals surface area contributed by atoms with Crippen LogP contribution >= 0.6 is 11.3 Å². The van der Waals surface area contributed by atoms with Crippen LogP contribution in [0, 0.1) is 5.92 Å². The van der Waals surface area contributed by atoms with E-state index in [0.29, 0.717) is 18.4 Å². The Morgan fingerprint density at radius 3 is 2.92 bits per heavy atom. The van der Waals surface area contributed by atoms with Crippen LogP contribution in [-0.2, 0) is 17.8 Å². The highest BCUT2D eigenvalue weighted by Gasteiger charge is 2.12. The highest BCUT2D eigenvalue weighted by atomic mass is 32.1. The molecule has 3 rings (SSSR count). The van der Waals surface area contributed by atoms with E-state index in [9.17, 15) is 14.7 Å². The van der Waals surface area contributed by atoms with E-state index in [4.69, 9.17) is 0 Å². The summed E-state index contributed by atoms with van der Waals surface area (Å²) >= 11 is 1.61. The van der Waals surface area contributed by atoms with Gasteiger partial charge in [-0.3, -0.25) is 9.59 Å². The minimum atomic E-state index is -0.298. The predicted octanol–water partition coefficient (Wildman–Crippen LogP) is 1.43. The van der Waals surface area contributed by atoms with Gasteiger partial charge in [0.15, 0.2) is 0 Å². The van der Waals surface area contributed by atoms with Gasteiger partial charge in [0.1, 0.15) is 6.54 Å². The van der Waals surface area contributed by atoms with Gasteiger partial charge >= 0.3 is 0 Å². The van der Waals surface area contributed by atoms with Gasteiger partial charge in [-0.1, -0.05) is 18.2 Å². The Morgan fingerprint density at radius 1 is 1.32 bits per heavy atom. The lowest BCUT2D eigenvalue weighted by Crippen LogP contribution is -2.37. The van der Waals surface area contributed by atoms with Crippen molar-refractivity contribution in [2.45, 2.75) is 13.0 Å². The number of thiophene rings is 1. The maximum absolute atomic E-state index is 12.4. The number of fused-ring (bicyclic) bond motifs is 1. The molecule has 0 unspecified atom stereocenters. The van der Waals surface area contributed by atoms with Gasteiger partial charge in [0.05, 0.1) is 11.6 Å². The van der Waals surface area contributed by atoms with E-state index in [2.05, 4.69) is 10.4 Å². The normalized spacial score (nSPS) is 12.2. The Bertz CT molecular complexity index is 905. The minimum absolute atomic E-state index is 0.00962. The van der Waals surface area contributed by atoms with E-state index in [0.717, 1.165) is 15.6 Å². The van der Waals surface area contributed by atoms with Crippen molar-refractivity contribution >= 4 is 28.0 Å². The number of aliphatic hydroxyl groups is 1. The molecule has 25 heavy (non-hydrogen) atoms. The summed E-state index contributed by atoms with van der Waals surface area (Å²) in [5.41, 5.74) is 0.857. The zero-order chi connectivity index (χ0) is 17.6. The molecule has 3 aromatic rings. The predicted molar refractivity (Wildman–Crippen MR) is 97.6 cm³/mol. The number of nitrogens with one attached hydrogen (secondary N) is 1. The molecular weight excluding hydrogens is 338 g/mol. The second-order valence-corrected chi connectivity index (χ2v) is 6.66. The first-order valence-electron chi connectivity index (χ1n) is 8.01. The van der Waals surface area contributed by atoms with Gasteiger partial charge in [-0.05, 0) is 34.9 Å². The van der Waals surface area contributed by atoms with Gasteiger partial charge in [0.2, 0.25) is 5.91 Å². The van der Waals surface area contributed by atoms with E-state index in [-0.39, 0.29) is 30.5 Å². The lowest BCUT2D eigenvalue weighted by molar-refractivity contribution is -0.122. The number of nitrogens with zero attached hydrogens (tertiary/aromatic N) is 2. The Labute approximate surface area is 148 Å². The molecule has 0 saturated heterocycles. The molecule has 0 aliphatic carbocycles. The van der Waals surface area contributed by atoms with Gasteiger partial charge < -0.3 is 10.4 Å². The van der Waals surface area contributed by atoms with Crippen LogP contribution in [0.25, 0.3) is 10.8 Å². The number of rotatable bonds is 7. The number of amides is 1. The Kier molecular flexibility index (Phi) is 5.57. The lowest BCUT2D eigenvalue weighted by atomic mass is 10.0. The molecule has 1 aromatic carbocycles. The van der Waals surface area contributed by atoms with Crippen molar-refractivity contribution in [3.05, 3.63) is 63.2 Å². The number of benzene rings is 1. The van der Waals surface area contributed by atoms with E-state index in [1.807, 2.05) is 29.0 Å². The summed E-state index contributed by atoms with van der Waals surface area (Å²) in [4.78, 5) is 24.5. The summed E-state index contributed by atoms with van der Waals surface area (Å²) < 4.78 is 1.16. The number of carbonyl (C=O) groups excluding carboxylic acids is 1. The van der Waals surface area contributed by atoms with Gasteiger partial charge in [0.25, 0.3) is 5.56 Å². The molecule has 2 heterocycles. The fraction of sp³-hybridized carbons (Fsp3) is 0.278. The molecule has 2 N–H and O–H groups in total. The molecule has 1 amide bonds. The monoisotopic (exact) mass is 357 g/mol. The summed E-state index contributed by atoms with van der Waals surface area (Å²) in [5.74, 6) is -0.353. The zero-order valence-corrected chi connectivity index (χ0v) is 14.4. The zero-order valence-electron chi connectivity index (χ0n) is 13.6. The van der Waals surface area contributed by atoms with Gasteiger partial charge in [-0.2, -0.15) is 16.4 Å². The van der Waals surface area contributed by atoms with E-state index >= 15 is 0 Å². The minimum Gasteiger partial charge on any atom is -0.396 e. The first-order valence-corrected chi connectivity index (χ1v) is 8.95. The molecular formula is C18H19N3O3S. The van der Waals surface area contributed by atoms with Crippen LogP contribution in [0.15, 0.2) is 52.1 Å². The van der Waals surface area contributed by atoms with Crippen molar-refractivity contribution in [1.29, 1.82) is 0 Å². The van der Waals surface area contributed by atoms with Crippen molar-refractivity contribution < 1.29 is 9.90 Å². The van der Waals surface area contributed by atoms with Crippen LogP contribution in [-0.4, -0.2) is 33.9 Å².